The molecule has 2 amide bonds. The molecule has 0 unspecified atom stereocenters. The second-order valence-electron chi connectivity index (χ2n) is 3.99. The van der Waals surface area contributed by atoms with Crippen LogP contribution in [0.1, 0.15) is 26.7 Å². The number of hydrogen-bond acceptors (Lipinski definition) is 1. The summed E-state index contributed by atoms with van der Waals surface area (Å²) in [6.45, 7) is 5.49. The lowest BCUT2D eigenvalue weighted by Crippen LogP contribution is -2.35. The van der Waals surface area contributed by atoms with Crippen LogP contribution in [0, 0.1) is 0 Å². The first kappa shape index (κ1) is 15.1. The molecule has 0 atom stereocenters. The van der Waals surface area contributed by atoms with E-state index in [1.165, 1.54) is 0 Å². The minimum absolute atomic E-state index is 0.129. The predicted octanol–water partition coefficient (Wildman–Crippen LogP) is 4.65. The molecule has 18 heavy (non-hydrogen) atoms. The average Bonchev–Trinajstić information content (AvgIpc) is 2.34. The third-order valence-electron chi connectivity index (χ3n) is 2.62. The zero-order chi connectivity index (χ0) is 13.5. The van der Waals surface area contributed by atoms with Gasteiger partial charge in [0.1, 0.15) is 0 Å². The Morgan fingerprint density at radius 2 is 2.06 bits per heavy atom. The third-order valence-corrected chi connectivity index (χ3v) is 3.17. The maximum atomic E-state index is 12.0. The molecule has 0 aliphatic rings. The van der Waals surface area contributed by atoms with Crippen LogP contribution in [0.25, 0.3) is 0 Å². The van der Waals surface area contributed by atoms with Gasteiger partial charge in [-0.3, -0.25) is 0 Å². The Morgan fingerprint density at radius 3 is 2.61 bits per heavy atom. The lowest BCUT2D eigenvalue weighted by molar-refractivity contribution is 0.213. The van der Waals surface area contributed by atoms with Crippen molar-refractivity contribution in [1.29, 1.82) is 0 Å². The fraction of sp³-hybridized carbons (Fsp3) is 0.462. The SMILES string of the molecule is CCCCN(CC)C(=O)Nc1ccc(Cl)cc1Cl. The molecular weight excluding hydrogens is 271 g/mol. The van der Waals surface area contributed by atoms with E-state index in [1.807, 2.05) is 6.92 Å². The highest BCUT2D eigenvalue weighted by Gasteiger charge is 2.12. The molecule has 0 saturated carbocycles. The molecule has 1 aromatic rings. The average molecular weight is 289 g/mol. The number of urea groups is 1. The van der Waals surface area contributed by atoms with E-state index in [-0.39, 0.29) is 6.03 Å². The Balaban J connectivity index is 2.67. The van der Waals surface area contributed by atoms with Gasteiger partial charge in [0.15, 0.2) is 0 Å². The molecule has 0 aromatic heterocycles. The molecule has 3 nitrogen and oxygen atoms in total. The van der Waals surface area contributed by atoms with Crippen molar-refractivity contribution >= 4 is 34.9 Å². The molecule has 0 bridgehead atoms. The first-order chi connectivity index (χ1) is 8.58. The van der Waals surface area contributed by atoms with E-state index in [0.717, 1.165) is 19.4 Å². The number of nitrogens with one attached hydrogen (secondary N) is 1. The molecule has 100 valence electrons. The number of anilines is 1. The smallest absolute Gasteiger partial charge is 0.321 e. The first-order valence-electron chi connectivity index (χ1n) is 6.09. The van der Waals surface area contributed by atoms with Crippen LogP contribution < -0.4 is 5.32 Å². The van der Waals surface area contributed by atoms with Gasteiger partial charge in [-0.15, -0.1) is 0 Å². The van der Waals surface area contributed by atoms with Gasteiger partial charge in [0.2, 0.25) is 0 Å². The van der Waals surface area contributed by atoms with Crippen molar-refractivity contribution in [1.82, 2.24) is 4.90 Å². The van der Waals surface area contributed by atoms with Crippen LogP contribution in [-0.2, 0) is 0 Å². The van der Waals surface area contributed by atoms with Crippen molar-refractivity contribution in [3.8, 4) is 0 Å². The summed E-state index contributed by atoms with van der Waals surface area (Å²) >= 11 is 11.8. The third kappa shape index (κ3) is 4.39. The summed E-state index contributed by atoms with van der Waals surface area (Å²) < 4.78 is 0. The predicted molar refractivity (Wildman–Crippen MR) is 77.6 cm³/mol. The Bertz CT molecular complexity index is 410. The van der Waals surface area contributed by atoms with Crippen molar-refractivity contribution in [2.45, 2.75) is 26.7 Å². The number of nitrogens with zero attached hydrogens (tertiary/aromatic N) is 1. The molecule has 0 saturated heterocycles. The lowest BCUT2D eigenvalue weighted by Gasteiger charge is -2.21. The number of hydrogen-bond donors (Lipinski definition) is 1. The standard InChI is InChI=1S/C13H18Cl2N2O/c1-3-5-8-17(4-2)13(18)16-12-7-6-10(14)9-11(12)15/h6-7,9H,3-5,8H2,1-2H3,(H,16,18). The van der Waals surface area contributed by atoms with Crippen molar-refractivity contribution in [3.05, 3.63) is 28.2 Å². The van der Waals surface area contributed by atoms with Crippen molar-refractivity contribution in [2.24, 2.45) is 0 Å². The quantitative estimate of drug-likeness (QED) is 0.841. The monoisotopic (exact) mass is 288 g/mol. The maximum Gasteiger partial charge on any atom is 0.321 e. The summed E-state index contributed by atoms with van der Waals surface area (Å²) in [5.41, 5.74) is 0.584. The minimum Gasteiger partial charge on any atom is -0.325 e. The number of amides is 2. The molecular formula is C13H18Cl2N2O. The molecule has 0 aliphatic carbocycles. The van der Waals surface area contributed by atoms with E-state index in [1.54, 1.807) is 23.1 Å². The molecule has 5 heteroatoms. The van der Waals surface area contributed by atoms with Crippen LogP contribution in [0.3, 0.4) is 0 Å². The highest BCUT2D eigenvalue weighted by atomic mass is 35.5. The van der Waals surface area contributed by atoms with E-state index in [9.17, 15) is 4.79 Å². The molecule has 1 N–H and O–H groups in total. The summed E-state index contributed by atoms with van der Waals surface area (Å²) in [7, 11) is 0. The second kappa shape index (κ2) is 7.49. The van der Waals surface area contributed by atoms with Gasteiger partial charge in [-0.25, -0.2) is 4.79 Å². The summed E-state index contributed by atoms with van der Waals surface area (Å²) in [6, 6.07) is 4.89. The van der Waals surface area contributed by atoms with Gasteiger partial charge in [0.05, 0.1) is 10.7 Å². The highest BCUT2D eigenvalue weighted by molar-refractivity contribution is 6.36. The largest absolute Gasteiger partial charge is 0.325 e. The number of halogens is 2. The number of rotatable bonds is 5. The van der Waals surface area contributed by atoms with E-state index < -0.39 is 0 Å². The Morgan fingerprint density at radius 1 is 1.33 bits per heavy atom. The number of carbonyl (C=O) groups excluding carboxylic acids is 1. The van der Waals surface area contributed by atoms with Crippen LogP contribution in [0.15, 0.2) is 18.2 Å². The molecule has 0 spiro atoms. The minimum atomic E-state index is -0.129. The fourth-order valence-corrected chi connectivity index (χ4v) is 1.99. The molecule has 0 aliphatic heterocycles. The summed E-state index contributed by atoms with van der Waals surface area (Å²) in [6.07, 6.45) is 2.06. The van der Waals surface area contributed by atoms with Gasteiger partial charge in [-0.05, 0) is 31.5 Å². The van der Waals surface area contributed by atoms with Gasteiger partial charge in [0.25, 0.3) is 0 Å². The number of unbranched alkanes of at least 4 members (excludes halogenated alkanes) is 1. The Hall–Kier alpha value is -0.930. The van der Waals surface area contributed by atoms with Crippen LogP contribution in [-0.4, -0.2) is 24.0 Å². The van der Waals surface area contributed by atoms with Crippen LogP contribution in [0.2, 0.25) is 10.0 Å². The van der Waals surface area contributed by atoms with Crippen LogP contribution >= 0.6 is 23.2 Å². The van der Waals surface area contributed by atoms with Gasteiger partial charge in [-0.1, -0.05) is 36.5 Å². The van der Waals surface area contributed by atoms with Gasteiger partial charge < -0.3 is 10.2 Å². The number of carbonyl (C=O) groups is 1. The second-order valence-corrected chi connectivity index (χ2v) is 4.83. The summed E-state index contributed by atoms with van der Waals surface area (Å²) in [5, 5.41) is 3.79. The van der Waals surface area contributed by atoms with E-state index in [0.29, 0.717) is 22.3 Å². The Kier molecular flexibility index (Phi) is 6.30. The van der Waals surface area contributed by atoms with Crippen molar-refractivity contribution in [3.63, 3.8) is 0 Å². The highest BCUT2D eigenvalue weighted by Crippen LogP contribution is 2.25. The van der Waals surface area contributed by atoms with Gasteiger partial charge in [-0.2, -0.15) is 0 Å². The van der Waals surface area contributed by atoms with Crippen molar-refractivity contribution in [2.75, 3.05) is 18.4 Å². The normalized spacial score (nSPS) is 10.2. The van der Waals surface area contributed by atoms with Crippen LogP contribution in [0.4, 0.5) is 10.5 Å². The Labute approximate surface area is 118 Å². The first-order valence-corrected chi connectivity index (χ1v) is 6.85. The van der Waals surface area contributed by atoms with Crippen LogP contribution in [0.5, 0.6) is 0 Å². The maximum absolute atomic E-state index is 12.0. The lowest BCUT2D eigenvalue weighted by atomic mass is 10.3. The van der Waals surface area contributed by atoms with E-state index in [2.05, 4.69) is 12.2 Å². The zero-order valence-corrected chi connectivity index (χ0v) is 12.2. The van der Waals surface area contributed by atoms with E-state index >= 15 is 0 Å². The summed E-state index contributed by atoms with van der Waals surface area (Å²) in [5.74, 6) is 0. The molecule has 1 rings (SSSR count). The topological polar surface area (TPSA) is 32.3 Å². The van der Waals surface area contributed by atoms with Gasteiger partial charge in [0, 0.05) is 18.1 Å². The van der Waals surface area contributed by atoms with Gasteiger partial charge >= 0.3 is 6.03 Å². The molecule has 0 radical (unpaired) electrons. The van der Waals surface area contributed by atoms with E-state index in [4.69, 9.17) is 23.2 Å². The molecule has 0 fully saturated rings. The zero-order valence-electron chi connectivity index (χ0n) is 10.7. The summed E-state index contributed by atoms with van der Waals surface area (Å²) in [4.78, 5) is 13.8. The van der Waals surface area contributed by atoms with Crippen molar-refractivity contribution < 1.29 is 4.79 Å². The fourth-order valence-electron chi connectivity index (χ4n) is 1.54. The molecule has 1 aromatic carbocycles. The number of benzene rings is 1. The molecule has 0 heterocycles.